The molecule has 2 nitrogen and oxygen atoms in total. The number of alkyl halides is 1. The molecule has 0 N–H and O–H groups in total. The molecule has 0 aliphatic carbocycles. The number of ether oxygens (including phenoxy) is 1. The van der Waals surface area contributed by atoms with Crippen LogP contribution in [0.2, 0.25) is 0 Å². The van der Waals surface area contributed by atoms with Crippen LogP contribution in [0.4, 0.5) is 0 Å². The maximum Gasteiger partial charge on any atom is 0.125 e. The molecule has 0 saturated heterocycles. The third-order valence-electron chi connectivity index (χ3n) is 5.15. The Bertz CT molecular complexity index is 878. The molecule has 3 aromatic rings. The third kappa shape index (κ3) is 3.14. The fourth-order valence-electron chi connectivity index (χ4n) is 3.78. The maximum absolute atomic E-state index is 5.37. The maximum atomic E-state index is 5.37. The minimum atomic E-state index is -0.186. The Kier molecular flexibility index (Phi) is 5.00. The minimum Gasteiger partial charge on any atom is -0.497 e. The van der Waals surface area contributed by atoms with Gasteiger partial charge in [-0.15, -0.1) is 0 Å². The molecular weight excluding hydrogens is 433 g/mol. The van der Waals surface area contributed by atoms with Crippen LogP contribution in [0, 0.1) is 0 Å². The summed E-state index contributed by atoms with van der Waals surface area (Å²) in [6.45, 7) is 1.98. The van der Waals surface area contributed by atoms with E-state index in [0.717, 1.165) is 25.3 Å². The summed E-state index contributed by atoms with van der Waals surface area (Å²) in [6, 6.07) is 28.1. The van der Waals surface area contributed by atoms with Crippen molar-refractivity contribution in [3.63, 3.8) is 0 Å². The van der Waals surface area contributed by atoms with E-state index in [-0.39, 0.29) is 3.55 Å². The molecule has 0 amide bonds. The van der Waals surface area contributed by atoms with Crippen LogP contribution in [0.3, 0.4) is 0 Å². The summed E-state index contributed by atoms with van der Waals surface area (Å²) in [5, 5.41) is 0. The highest BCUT2D eigenvalue weighted by atomic mass is 127. The van der Waals surface area contributed by atoms with Gasteiger partial charge in [-0.2, -0.15) is 0 Å². The molecule has 1 aliphatic heterocycles. The largest absolute Gasteiger partial charge is 0.497 e. The van der Waals surface area contributed by atoms with E-state index in [4.69, 9.17) is 4.74 Å². The van der Waals surface area contributed by atoms with Crippen LogP contribution in [-0.2, 0) is 16.5 Å². The first-order valence-corrected chi connectivity index (χ1v) is 10.0. The summed E-state index contributed by atoms with van der Waals surface area (Å²) in [5.41, 5.74) is 5.48. The Balaban J connectivity index is 1.80. The number of hydrogen-bond donors (Lipinski definition) is 0. The first-order valence-electron chi connectivity index (χ1n) is 8.92. The average molecular weight is 455 g/mol. The molecule has 1 atom stereocenters. The summed E-state index contributed by atoms with van der Waals surface area (Å²) in [6.07, 6.45) is 1.09. The fraction of sp³-hybridized carbons (Fsp3) is 0.217. The van der Waals surface area contributed by atoms with Gasteiger partial charge in [0, 0.05) is 13.1 Å². The van der Waals surface area contributed by atoms with E-state index in [9.17, 15) is 0 Å². The number of rotatable bonds is 4. The second-order valence-electron chi connectivity index (χ2n) is 6.66. The number of hydrogen-bond acceptors (Lipinski definition) is 2. The molecule has 4 rings (SSSR count). The van der Waals surface area contributed by atoms with Crippen molar-refractivity contribution in [1.29, 1.82) is 0 Å². The van der Waals surface area contributed by atoms with Crippen molar-refractivity contribution >= 4 is 22.6 Å². The van der Waals surface area contributed by atoms with Gasteiger partial charge in [-0.3, -0.25) is 4.90 Å². The minimum absolute atomic E-state index is 0.186. The lowest BCUT2D eigenvalue weighted by atomic mass is 9.87. The molecular formula is C23H22INO. The van der Waals surface area contributed by atoms with Gasteiger partial charge in [0.15, 0.2) is 0 Å². The third-order valence-corrected chi connectivity index (χ3v) is 7.04. The van der Waals surface area contributed by atoms with E-state index in [2.05, 4.69) is 106 Å². The monoisotopic (exact) mass is 455 g/mol. The number of nitrogens with zero attached hydrogens (tertiary/aromatic N) is 1. The van der Waals surface area contributed by atoms with Crippen LogP contribution >= 0.6 is 22.6 Å². The van der Waals surface area contributed by atoms with Crippen LogP contribution in [0.15, 0.2) is 78.9 Å². The number of fused-ring (bicyclic) bond motifs is 1. The molecule has 3 heteroatoms. The average Bonchev–Trinajstić information content (AvgIpc) is 2.71. The number of halogens is 1. The Morgan fingerprint density at radius 3 is 2.35 bits per heavy atom. The predicted molar refractivity (Wildman–Crippen MR) is 115 cm³/mol. The smallest absolute Gasteiger partial charge is 0.125 e. The zero-order valence-corrected chi connectivity index (χ0v) is 17.0. The molecule has 0 spiro atoms. The van der Waals surface area contributed by atoms with Gasteiger partial charge in [-0.1, -0.05) is 89.3 Å². The predicted octanol–water partition coefficient (Wildman–Crippen LogP) is 5.39. The van der Waals surface area contributed by atoms with Gasteiger partial charge < -0.3 is 4.74 Å². The zero-order chi connectivity index (χ0) is 18.0. The Hall–Kier alpha value is -1.85. The highest BCUT2D eigenvalue weighted by molar-refractivity contribution is 14.1. The van der Waals surface area contributed by atoms with Gasteiger partial charge in [0.1, 0.15) is 9.30 Å². The zero-order valence-electron chi connectivity index (χ0n) is 14.9. The molecule has 0 fully saturated rings. The van der Waals surface area contributed by atoms with Gasteiger partial charge in [0.2, 0.25) is 0 Å². The Morgan fingerprint density at radius 1 is 0.923 bits per heavy atom. The van der Waals surface area contributed by atoms with Crippen LogP contribution in [0.1, 0.15) is 22.3 Å². The van der Waals surface area contributed by atoms with Crippen LogP contribution in [0.25, 0.3) is 0 Å². The molecule has 3 aromatic carbocycles. The van der Waals surface area contributed by atoms with Crippen LogP contribution < -0.4 is 4.74 Å². The summed E-state index contributed by atoms with van der Waals surface area (Å²) >= 11 is 2.65. The summed E-state index contributed by atoms with van der Waals surface area (Å²) in [4.78, 5) is 2.59. The molecule has 0 bridgehead atoms. The summed E-state index contributed by atoms with van der Waals surface area (Å²) in [7, 11) is 1.71. The second-order valence-corrected chi connectivity index (χ2v) is 8.23. The molecule has 0 radical (unpaired) electrons. The SMILES string of the molecule is COc1ccc(C2(I)c3ccccc3CCN2Cc2ccccc2)cc1. The Labute approximate surface area is 168 Å². The molecule has 0 saturated carbocycles. The van der Waals surface area contributed by atoms with E-state index in [1.165, 1.54) is 22.3 Å². The van der Waals surface area contributed by atoms with Gasteiger partial charge >= 0.3 is 0 Å². The normalized spacial score (nSPS) is 19.8. The Morgan fingerprint density at radius 2 is 1.62 bits per heavy atom. The molecule has 132 valence electrons. The molecule has 26 heavy (non-hydrogen) atoms. The van der Waals surface area contributed by atoms with Gasteiger partial charge in [-0.25, -0.2) is 0 Å². The quantitative estimate of drug-likeness (QED) is 0.297. The highest BCUT2D eigenvalue weighted by Gasteiger charge is 2.41. The van der Waals surface area contributed by atoms with Crippen molar-refractivity contribution in [3.8, 4) is 5.75 Å². The summed E-state index contributed by atoms with van der Waals surface area (Å²) in [5.74, 6) is 0.896. The van der Waals surface area contributed by atoms with Gasteiger partial charge in [0.05, 0.1) is 7.11 Å². The number of benzene rings is 3. The lowest BCUT2D eigenvalue weighted by Gasteiger charge is -2.45. The lowest BCUT2D eigenvalue weighted by Crippen LogP contribution is -2.46. The number of methoxy groups -OCH3 is 1. The highest BCUT2D eigenvalue weighted by Crippen LogP contribution is 2.47. The van der Waals surface area contributed by atoms with Crippen molar-refractivity contribution in [2.45, 2.75) is 16.5 Å². The van der Waals surface area contributed by atoms with E-state index < -0.39 is 0 Å². The molecule has 0 aromatic heterocycles. The van der Waals surface area contributed by atoms with Gasteiger partial charge in [0.25, 0.3) is 0 Å². The van der Waals surface area contributed by atoms with Crippen molar-refractivity contribution in [2.24, 2.45) is 0 Å². The molecule has 1 heterocycles. The van der Waals surface area contributed by atoms with E-state index in [1.54, 1.807) is 7.11 Å². The first kappa shape index (κ1) is 17.6. The van der Waals surface area contributed by atoms with E-state index >= 15 is 0 Å². The second kappa shape index (κ2) is 7.41. The summed E-state index contributed by atoms with van der Waals surface area (Å²) < 4.78 is 5.18. The van der Waals surface area contributed by atoms with Gasteiger partial charge in [-0.05, 0) is 40.8 Å². The van der Waals surface area contributed by atoms with E-state index in [0.29, 0.717) is 0 Å². The van der Waals surface area contributed by atoms with Crippen molar-refractivity contribution in [1.82, 2.24) is 4.90 Å². The molecule has 1 aliphatic rings. The lowest BCUT2D eigenvalue weighted by molar-refractivity contribution is 0.190. The van der Waals surface area contributed by atoms with Crippen molar-refractivity contribution in [3.05, 3.63) is 101 Å². The first-order chi connectivity index (χ1) is 12.7. The van der Waals surface area contributed by atoms with Crippen LogP contribution in [0.5, 0.6) is 5.75 Å². The van der Waals surface area contributed by atoms with Crippen LogP contribution in [-0.4, -0.2) is 18.6 Å². The standard InChI is InChI=1S/C23H22INO/c1-26-21-13-11-20(12-14-21)23(24)22-10-6-5-9-19(22)15-16-25(23)17-18-7-3-2-4-8-18/h2-14H,15-17H2,1H3. The fourth-order valence-corrected chi connectivity index (χ4v) is 5.08. The topological polar surface area (TPSA) is 12.5 Å². The van der Waals surface area contributed by atoms with Crippen molar-refractivity contribution < 1.29 is 4.74 Å². The molecule has 1 unspecified atom stereocenters. The van der Waals surface area contributed by atoms with E-state index in [1.807, 2.05) is 0 Å². The van der Waals surface area contributed by atoms with Crippen molar-refractivity contribution in [2.75, 3.05) is 13.7 Å².